The van der Waals surface area contributed by atoms with E-state index in [9.17, 15) is 0 Å². The van der Waals surface area contributed by atoms with Crippen LogP contribution in [0.25, 0.3) is 11.4 Å². The lowest BCUT2D eigenvalue weighted by molar-refractivity contribution is 0.291. The van der Waals surface area contributed by atoms with Crippen LogP contribution in [0.3, 0.4) is 0 Å². The van der Waals surface area contributed by atoms with Crippen LogP contribution in [0.4, 0.5) is 0 Å². The molecule has 0 saturated carbocycles. The van der Waals surface area contributed by atoms with Crippen molar-refractivity contribution >= 4 is 23.2 Å². The van der Waals surface area contributed by atoms with E-state index in [0.717, 1.165) is 12.0 Å². The van der Waals surface area contributed by atoms with Gasteiger partial charge in [-0.25, -0.2) is 0 Å². The van der Waals surface area contributed by atoms with Crippen molar-refractivity contribution in [3.05, 3.63) is 34.1 Å². The standard InChI is InChI=1S/C13H15Cl2N3O/c1-3-13(2,7-16)12-17-11(18-19-12)8-4-9(14)6-10(15)5-8/h4-6H,3,7,16H2,1-2H3. The van der Waals surface area contributed by atoms with Gasteiger partial charge in [0.2, 0.25) is 11.7 Å². The Balaban J connectivity index is 2.40. The molecule has 0 aliphatic carbocycles. The van der Waals surface area contributed by atoms with Crippen LogP contribution < -0.4 is 5.73 Å². The van der Waals surface area contributed by atoms with Crippen molar-refractivity contribution in [2.45, 2.75) is 25.7 Å². The van der Waals surface area contributed by atoms with Gasteiger partial charge in [-0.1, -0.05) is 35.3 Å². The van der Waals surface area contributed by atoms with Crippen molar-refractivity contribution in [2.24, 2.45) is 5.73 Å². The highest BCUT2D eigenvalue weighted by molar-refractivity contribution is 6.35. The number of halogens is 2. The summed E-state index contributed by atoms with van der Waals surface area (Å²) in [5.41, 5.74) is 6.19. The van der Waals surface area contributed by atoms with Crippen LogP contribution >= 0.6 is 23.2 Å². The van der Waals surface area contributed by atoms with Crippen molar-refractivity contribution in [1.82, 2.24) is 10.1 Å². The molecular weight excluding hydrogens is 285 g/mol. The van der Waals surface area contributed by atoms with Crippen molar-refractivity contribution in [1.29, 1.82) is 0 Å². The summed E-state index contributed by atoms with van der Waals surface area (Å²) in [7, 11) is 0. The van der Waals surface area contributed by atoms with E-state index < -0.39 is 0 Å². The average Bonchev–Trinajstić information content (AvgIpc) is 2.87. The van der Waals surface area contributed by atoms with E-state index >= 15 is 0 Å². The van der Waals surface area contributed by atoms with Gasteiger partial charge in [0.05, 0.1) is 5.41 Å². The van der Waals surface area contributed by atoms with Gasteiger partial charge in [-0.2, -0.15) is 4.98 Å². The molecule has 0 amide bonds. The third-order valence-corrected chi connectivity index (χ3v) is 3.73. The van der Waals surface area contributed by atoms with Crippen LogP contribution in [-0.2, 0) is 5.41 Å². The molecule has 0 aliphatic rings. The molecule has 2 aromatic rings. The minimum Gasteiger partial charge on any atom is -0.338 e. The molecule has 6 heteroatoms. The lowest BCUT2D eigenvalue weighted by atomic mass is 9.88. The summed E-state index contributed by atoms with van der Waals surface area (Å²) >= 11 is 11.9. The normalized spacial score (nSPS) is 14.4. The molecule has 0 saturated heterocycles. The third kappa shape index (κ3) is 2.91. The summed E-state index contributed by atoms with van der Waals surface area (Å²) in [5.74, 6) is 0.996. The largest absolute Gasteiger partial charge is 0.338 e. The highest BCUT2D eigenvalue weighted by Gasteiger charge is 2.29. The highest BCUT2D eigenvalue weighted by Crippen LogP contribution is 2.29. The van der Waals surface area contributed by atoms with Crippen molar-refractivity contribution in [3.63, 3.8) is 0 Å². The Bertz CT molecular complexity index is 559. The fourth-order valence-electron chi connectivity index (χ4n) is 1.65. The first-order valence-corrected chi connectivity index (χ1v) is 6.75. The van der Waals surface area contributed by atoms with E-state index in [1.165, 1.54) is 0 Å². The molecule has 4 nitrogen and oxygen atoms in total. The molecule has 1 atom stereocenters. The van der Waals surface area contributed by atoms with Gasteiger partial charge in [0, 0.05) is 22.2 Å². The predicted octanol–water partition coefficient (Wildman–Crippen LogP) is 3.67. The SMILES string of the molecule is CCC(C)(CN)c1nc(-c2cc(Cl)cc(Cl)c2)no1. The Morgan fingerprint density at radius 2 is 1.89 bits per heavy atom. The monoisotopic (exact) mass is 299 g/mol. The van der Waals surface area contributed by atoms with Crippen molar-refractivity contribution in [3.8, 4) is 11.4 Å². The molecule has 0 fully saturated rings. The first kappa shape index (κ1) is 14.3. The minimum absolute atomic E-state index is 0.312. The Morgan fingerprint density at radius 3 is 2.42 bits per heavy atom. The maximum Gasteiger partial charge on any atom is 0.234 e. The van der Waals surface area contributed by atoms with Gasteiger partial charge in [-0.05, 0) is 31.5 Å². The van der Waals surface area contributed by atoms with Crippen LogP contribution in [0, 0.1) is 0 Å². The molecule has 2 rings (SSSR count). The maximum absolute atomic E-state index is 5.96. The minimum atomic E-state index is -0.312. The van der Waals surface area contributed by atoms with E-state index in [4.69, 9.17) is 33.5 Å². The molecule has 19 heavy (non-hydrogen) atoms. The molecule has 102 valence electrons. The molecule has 1 aromatic carbocycles. The quantitative estimate of drug-likeness (QED) is 0.935. The van der Waals surface area contributed by atoms with Crippen LogP contribution in [-0.4, -0.2) is 16.7 Å². The third-order valence-electron chi connectivity index (χ3n) is 3.29. The number of hydrogen-bond acceptors (Lipinski definition) is 4. The molecule has 1 heterocycles. The van der Waals surface area contributed by atoms with E-state index in [2.05, 4.69) is 10.1 Å². The Hall–Kier alpha value is -1.10. The van der Waals surface area contributed by atoms with Gasteiger partial charge < -0.3 is 10.3 Å². The number of benzene rings is 1. The summed E-state index contributed by atoms with van der Waals surface area (Å²) < 4.78 is 5.32. The number of rotatable bonds is 4. The van der Waals surface area contributed by atoms with E-state index in [0.29, 0.717) is 28.3 Å². The van der Waals surface area contributed by atoms with Gasteiger partial charge in [-0.15, -0.1) is 0 Å². The number of nitrogens with zero attached hydrogens (tertiary/aromatic N) is 2. The second-order valence-corrected chi connectivity index (χ2v) is 5.57. The Morgan fingerprint density at radius 1 is 1.26 bits per heavy atom. The fraction of sp³-hybridized carbons (Fsp3) is 0.385. The molecular formula is C13H15Cl2N3O. The zero-order valence-corrected chi connectivity index (χ0v) is 12.3. The summed E-state index contributed by atoms with van der Waals surface area (Å²) in [5, 5.41) is 5.04. The van der Waals surface area contributed by atoms with Crippen molar-refractivity contribution < 1.29 is 4.52 Å². The summed E-state index contributed by atoms with van der Waals surface area (Å²) in [6, 6.07) is 5.14. The van der Waals surface area contributed by atoms with Crippen LogP contribution in [0.2, 0.25) is 10.0 Å². The molecule has 0 radical (unpaired) electrons. The smallest absolute Gasteiger partial charge is 0.234 e. The second-order valence-electron chi connectivity index (χ2n) is 4.70. The number of aromatic nitrogens is 2. The van der Waals surface area contributed by atoms with Crippen LogP contribution in [0.5, 0.6) is 0 Å². The van der Waals surface area contributed by atoms with E-state index in [-0.39, 0.29) is 5.41 Å². The molecule has 0 bridgehead atoms. The summed E-state index contributed by atoms with van der Waals surface area (Å²) in [6.45, 7) is 4.48. The number of hydrogen-bond donors (Lipinski definition) is 1. The van der Waals surface area contributed by atoms with Crippen LogP contribution in [0.1, 0.15) is 26.2 Å². The van der Waals surface area contributed by atoms with Gasteiger partial charge >= 0.3 is 0 Å². The summed E-state index contributed by atoms with van der Waals surface area (Å²) in [4.78, 5) is 4.40. The lowest BCUT2D eigenvalue weighted by Gasteiger charge is -2.20. The van der Waals surface area contributed by atoms with Gasteiger partial charge in [-0.3, -0.25) is 0 Å². The highest BCUT2D eigenvalue weighted by atomic mass is 35.5. The number of nitrogens with two attached hydrogens (primary N) is 1. The van der Waals surface area contributed by atoms with Crippen LogP contribution in [0.15, 0.2) is 22.7 Å². The zero-order chi connectivity index (χ0) is 14.0. The molecule has 2 N–H and O–H groups in total. The maximum atomic E-state index is 5.96. The molecule has 1 unspecified atom stereocenters. The topological polar surface area (TPSA) is 64.9 Å². The van der Waals surface area contributed by atoms with E-state index in [1.54, 1.807) is 18.2 Å². The van der Waals surface area contributed by atoms with Gasteiger partial charge in [0.1, 0.15) is 0 Å². The van der Waals surface area contributed by atoms with Gasteiger partial charge in [0.15, 0.2) is 0 Å². The fourth-order valence-corrected chi connectivity index (χ4v) is 2.18. The van der Waals surface area contributed by atoms with Gasteiger partial charge in [0.25, 0.3) is 0 Å². The summed E-state index contributed by atoms with van der Waals surface area (Å²) in [6.07, 6.45) is 0.821. The first-order valence-electron chi connectivity index (χ1n) is 5.99. The first-order chi connectivity index (χ1) is 8.98. The second kappa shape index (κ2) is 5.49. The predicted molar refractivity (Wildman–Crippen MR) is 76.5 cm³/mol. The molecule has 0 spiro atoms. The Kier molecular flexibility index (Phi) is 4.13. The molecule has 0 aliphatic heterocycles. The molecule has 1 aromatic heterocycles. The zero-order valence-electron chi connectivity index (χ0n) is 10.8. The lowest BCUT2D eigenvalue weighted by Crippen LogP contribution is -2.31. The van der Waals surface area contributed by atoms with E-state index in [1.807, 2.05) is 13.8 Å². The Labute approximate surface area is 121 Å². The average molecular weight is 300 g/mol. The van der Waals surface area contributed by atoms with Crippen molar-refractivity contribution in [2.75, 3.05) is 6.54 Å².